The van der Waals surface area contributed by atoms with Crippen LogP contribution in [0.1, 0.15) is 62.3 Å². The smallest absolute Gasteiger partial charge is 0.425 e. The van der Waals surface area contributed by atoms with Gasteiger partial charge in [-0.1, -0.05) is 24.3 Å². The molecule has 2 aromatic heterocycles. The van der Waals surface area contributed by atoms with E-state index in [1.165, 1.54) is 22.9 Å². The lowest BCUT2D eigenvalue weighted by atomic mass is 10.1. The molecule has 0 atom stereocenters. The Hall–Kier alpha value is -5.00. The average Bonchev–Trinajstić information content (AvgIpc) is 3.25. The molecule has 232 valence electrons. The molecule has 2 amide bonds. The molecule has 0 fully saturated rings. The van der Waals surface area contributed by atoms with Crippen molar-refractivity contribution in [2.75, 3.05) is 4.90 Å². The normalized spacial score (nSPS) is 12.1. The topological polar surface area (TPSA) is 146 Å². The van der Waals surface area contributed by atoms with Crippen LogP contribution in [0.3, 0.4) is 0 Å². The number of amides is 2. The minimum Gasteiger partial charge on any atom is -0.508 e. The van der Waals surface area contributed by atoms with Gasteiger partial charge in [0.15, 0.2) is 17.3 Å². The molecule has 0 radical (unpaired) electrons. The molecule has 2 aromatic carbocycles. The van der Waals surface area contributed by atoms with Crippen molar-refractivity contribution in [3.05, 3.63) is 54.7 Å². The zero-order valence-electron chi connectivity index (χ0n) is 26.3. The van der Waals surface area contributed by atoms with Gasteiger partial charge in [-0.05, 0) is 86.6 Å². The van der Waals surface area contributed by atoms with Crippen LogP contribution in [0.25, 0.3) is 33.8 Å². The Morgan fingerprint density at radius 1 is 0.773 bits per heavy atom. The van der Waals surface area contributed by atoms with E-state index in [0.29, 0.717) is 21.5 Å². The maximum atomic E-state index is 13.7. The fourth-order valence-electron chi connectivity index (χ4n) is 4.04. The third kappa shape index (κ3) is 7.49. The number of aromatic hydroxyl groups is 1. The maximum absolute atomic E-state index is 13.7. The summed E-state index contributed by atoms with van der Waals surface area (Å²) in [5, 5.41) is 10.1. The van der Waals surface area contributed by atoms with Crippen molar-refractivity contribution >= 4 is 35.1 Å². The molecular weight excluding hydrogens is 566 g/mol. The number of aromatic nitrogens is 4. The third-order valence-corrected chi connectivity index (χ3v) is 5.61. The van der Waals surface area contributed by atoms with Gasteiger partial charge in [-0.15, -0.1) is 0 Å². The molecule has 0 bridgehead atoms. The number of hydrogen-bond acceptors (Lipinski definition) is 10. The molecular formula is C32H37N5O7. The zero-order chi connectivity index (χ0) is 32.6. The number of nitrogens with zero attached hydrogens (tertiary/aromatic N) is 5. The summed E-state index contributed by atoms with van der Waals surface area (Å²) in [5.74, 6) is -0.361. The minimum atomic E-state index is -1.08. The van der Waals surface area contributed by atoms with Crippen LogP contribution in [-0.2, 0) is 14.2 Å². The number of imidazole rings is 1. The van der Waals surface area contributed by atoms with Crippen LogP contribution in [0.5, 0.6) is 5.75 Å². The Kier molecular flexibility index (Phi) is 8.41. The zero-order valence-corrected chi connectivity index (χ0v) is 26.3. The van der Waals surface area contributed by atoms with Gasteiger partial charge in [0.2, 0.25) is 0 Å². The summed E-state index contributed by atoms with van der Waals surface area (Å²) in [4.78, 5) is 55.5. The number of imide groups is 1. The second kappa shape index (κ2) is 11.6. The molecule has 2 heterocycles. The van der Waals surface area contributed by atoms with Crippen molar-refractivity contribution in [3.8, 4) is 28.5 Å². The predicted octanol–water partition coefficient (Wildman–Crippen LogP) is 7.33. The largest absolute Gasteiger partial charge is 0.508 e. The summed E-state index contributed by atoms with van der Waals surface area (Å²) in [6.07, 6.45) is -1.59. The van der Waals surface area contributed by atoms with Crippen molar-refractivity contribution in [3.63, 3.8) is 0 Å². The molecule has 0 saturated carbocycles. The standard InChI is InChI=1S/C32H37N5O7/c1-30(2,3)42-27(39)36-23-16-11-10-15-21(23)35-26(36)24-25(33-18-22(34-24)19-13-12-14-20(38)17-19)37(28(40)43-31(4,5)6)29(41)44-32(7,8)9/h10-18,38H,1-9H3. The van der Waals surface area contributed by atoms with Crippen LogP contribution < -0.4 is 4.90 Å². The van der Waals surface area contributed by atoms with Gasteiger partial charge in [0.1, 0.15) is 22.6 Å². The van der Waals surface area contributed by atoms with Crippen LogP contribution >= 0.6 is 0 Å². The van der Waals surface area contributed by atoms with E-state index in [0.717, 1.165) is 0 Å². The number of ether oxygens (including phenoxy) is 3. The van der Waals surface area contributed by atoms with Gasteiger partial charge in [0.05, 0.1) is 22.9 Å². The molecule has 4 rings (SSSR count). The Balaban J connectivity index is 2.07. The molecule has 0 saturated heterocycles. The van der Waals surface area contributed by atoms with Crippen molar-refractivity contribution in [2.24, 2.45) is 0 Å². The summed E-state index contributed by atoms with van der Waals surface area (Å²) in [7, 11) is 0. The van der Waals surface area contributed by atoms with Crippen molar-refractivity contribution in [1.82, 2.24) is 19.5 Å². The number of phenols is 1. The number of hydrogen-bond donors (Lipinski definition) is 1. The number of fused-ring (bicyclic) bond motifs is 1. The summed E-state index contributed by atoms with van der Waals surface area (Å²) in [6.45, 7) is 15.1. The number of para-hydroxylation sites is 2. The fourth-order valence-corrected chi connectivity index (χ4v) is 4.04. The summed E-state index contributed by atoms with van der Waals surface area (Å²) in [5.41, 5.74) is -1.41. The minimum absolute atomic E-state index is 0.0138. The average molecular weight is 604 g/mol. The summed E-state index contributed by atoms with van der Waals surface area (Å²) in [6, 6.07) is 13.2. The second-order valence-corrected chi connectivity index (χ2v) is 13.0. The van der Waals surface area contributed by atoms with E-state index in [2.05, 4.69) is 9.97 Å². The van der Waals surface area contributed by atoms with Crippen LogP contribution in [0.15, 0.2) is 54.7 Å². The first-order valence-electron chi connectivity index (χ1n) is 14.0. The van der Waals surface area contributed by atoms with E-state index >= 15 is 0 Å². The lowest BCUT2D eigenvalue weighted by molar-refractivity contribution is 0.0427. The maximum Gasteiger partial charge on any atom is 0.425 e. The van der Waals surface area contributed by atoms with Crippen LogP contribution in [0.2, 0.25) is 0 Å². The molecule has 0 aliphatic rings. The molecule has 4 aromatic rings. The Morgan fingerprint density at radius 2 is 1.36 bits per heavy atom. The van der Waals surface area contributed by atoms with Crippen LogP contribution in [-0.4, -0.2) is 59.7 Å². The highest BCUT2D eigenvalue weighted by Crippen LogP contribution is 2.34. The highest BCUT2D eigenvalue weighted by atomic mass is 16.6. The number of benzene rings is 2. The predicted molar refractivity (Wildman–Crippen MR) is 164 cm³/mol. The van der Waals surface area contributed by atoms with E-state index in [4.69, 9.17) is 19.2 Å². The van der Waals surface area contributed by atoms with Crippen LogP contribution in [0, 0.1) is 0 Å². The van der Waals surface area contributed by atoms with Gasteiger partial charge >= 0.3 is 18.3 Å². The highest BCUT2D eigenvalue weighted by molar-refractivity contribution is 6.11. The molecule has 0 aliphatic heterocycles. The van der Waals surface area contributed by atoms with Crippen LogP contribution in [0.4, 0.5) is 20.2 Å². The van der Waals surface area contributed by atoms with E-state index in [1.54, 1.807) is 98.7 Å². The quantitative estimate of drug-likeness (QED) is 0.236. The monoisotopic (exact) mass is 603 g/mol. The highest BCUT2D eigenvalue weighted by Gasteiger charge is 2.38. The van der Waals surface area contributed by atoms with Gasteiger partial charge < -0.3 is 19.3 Å². The first-order chi connectivity index (χ1) is 20.3. The molecule has 0 unspecified atom stereocenters. The lowest BCUT2D eigenvalue weighted by Crippen LogP contribution is -2.44. The molecule has 12 heteroatoms. The lowest BCUT2D eigenvalue weighted by Gasteiger charge is -2.28. The van der Waals surface area contributed by atoms with Gasteiger partial charge in [0.25, 0.3) is 0 Å². The van der Waals surface area contributed by atoms with Gasteiger partial charge in [-0.3, -0.25) is 0 Å². The van der Waals surface area contributed by atoms with Gasteiger partial charge in [0, 0.05) is 5.56 Å². The Morgan fingerprint density at radius 3 is 1.93 bits per heavy atom. The van der Waals surface area contributed by atoms with Crippen molar-refractivity contribution < 1.29 is 33.7 Å². The van der Waals surface area contributed by atoms with E-state index < -0.39 is 35.1 Å². The molecule has 12 nitrogen and oxygen atoms in total. The molecule has 44 heavy (non-hydrogen) atoms. The first-order valence-corrected chi connectivity index (χ1v) is 14.0. The van der Waals surface area contributed by atoms with E-state index in [1.807, 2.05) is 0 Å². The Bertz CT molecular complexity index is 1700. The number of rotatable bonds is 3. The van der Waals surface area contributed by atoms with Gasteiger partial charge in [-0.25, -0.2) is 33.9 Å². The third-order valence-electron chi connectivity index (χ3n) is 5.61. The van der Waals surface area contributed by atoms with E-state index in [-0.39, 0.29) is 28.8 Å². The van der Waals surface area contributed by atoms with Crippen molar-refractivity contribution in [1.29, 1.82) is 0 Å². The first kappa shape index (κ1) is 31.9. The molecule has 1 N–H and O–H groups in total. The summed E-state index contributed by atoms with van der Waals surface area (Å²) >= 11 is 0. The molecule has 0 aliphatic carbocycles. The van der Waals surface area contributed by atoms with Gasteiger partial charge in [-0.2, -0.15) is 4.90 Å². The Labute approximate surface area is 255 Å². The number of phenolic OH excluding ortho intramolecular Hbond substituents is 1. The summed E-state index contributed by atoms with van der Waals surface area (Å²) < 4.78 is 18.1. The SMILES string of the molecule is CC(C)(C)OC(=O)N(C(=O)OC(C)(C)C)c1ncc(-c2cccc(O)c2)nc1-c1nc2ccccc2n1C(=O)OC(C)(C)C. The second-order valence-electron chi connectivity index (χ2n) is 13.0. The fraction of sp³-hybridized carbons (Fsp3) is 0.375. The number of carbonyl (C=O) groups is 3. The number of anilines is 1. The van der Waals surface area contributed by atoms with Crippen molar-refractivity contribution in [2.45, 2.75) is 79.1 Å². The molecule has 0 spiro atoms. The number of carbonyl (C=O) groups excluding carboxylic acids is 3. The van der Waals surface area contributed by atoms with E-state index in [9.17, 15) is 19.5 Å².